The lowest BCUT2D eigenvalue weighted by atomic mass is 10.2. The van der Waals surface area contributed by atoms with Crippen LogP contribution in [0.1, 0.15) is 16.7 Å². The number of aryl methyl sites for hydroxylation is 1. The minimum atomic E-state index is 0.366. The average Bonchev–Trinajstić information content (AvgIpc) is 2.94. The Hall–Kier alpha value is -2.51. The van der Waals surface area contributed by atoms with E-state index in [1.54, 1.807) is 12.3 Å². The van der Waals surface area contributed by atoms with Crippen molar-refractivity contribution in [1.29, 1.82) is 0 Å². The number of nitrogens with zero attached hydrogens (tertiary/aromatic N) is 4. The number of anilines is 1. The fraction of sp³-hybridized carbons (Fsp3) is 0.118. The lowest BCUT2D eigenvalue weighted by Crippen LogP contribution is -2.13. The molecule has 0 bridgehead atoms. The van der Waals surface area contributed by atoms with E-state index in [9.17, 15) is 0 Å². The molecule has 0 saturated carbocycles. The molecule has 3 N–H and O–H groups in total. The first-order valence-corrected chi connectivity index (χ1v) is 8.91. The van der Waals surface area contributed by atoms with Gasteiger partial charge in [0.15, 0.2) is 0 Å². The predicted octanol–water partition coefficient (Wildman–Crippen LogP) is 3.69. The highest BCUT2D eigenvalue weighted by molar-refractivity contribution is 7.98. The van der Waals surface area contributed by atoms with Crippen LogP contribution < -0.4 is 11.3 Å². The first kappa shape index (κ1) is 17.3. The topological polar surface area (TPSA) is 81.1 Å². The quantitative estimate of drug-likeness (QED) is 0.298. The van der Waals surface area contributed by atoms with Crippen LogP contribution >= 0.6 is 23.4 Å². The van der Waals surface area contributed by atoms with E-state index in [1.807, 2.05) is 24.3 Å². The van der Waals surface area contributed by atoms with E-state index in [-0.39, 0.29) is 0 Å². The molecule has 2 aromatic carbocycles. The standard InChI is InChI=1S/C17H17ClN6S/c1-12-4-2-6-14(8-12)11-25-17-23-22-16(24(17)19)21-20-10-13-5-3-7-15(18)9-13/h2-10H,11,19H2,1H3,(H,21,22)/b20-10+. The smallest absolute Gasteiger partial charge is 0.264 e. The summed E-state index contributed by atoms with van der Waals surface area (Å²) in [5.41, 5.74) is 6.09. The zero-order valence-corrected chi connectivity index (χ0v) is 15.1. The molecule has 0 aliphatic rings. The van der Waals surface area contributed by atoms with Crippen molar-refractivity contribution >= 4 is 35.5 Å². The Bertz CT molecular complexity index is 892. The van der Waals surface area contributed by atoms with Crippen molar-refractivity contribution < 1.29 is 0 Å². The van der Waals surface area contributed by atoms with Crippen LogP contribution in [0.4, 0.5) is 5.95 Å². The maximum absolute atomic E-state index is 6.01. The van der Waals surface area contributed by atoms with Crippen molar-refractivity contribution in [3.8, 4) is 0 Å². The molecular formula is C17H17ClN6S. The Kier molecular flexibility index (Phi) is 5.57. The minimum absolute atomic E-state index is 0.366. The Morgan fingerprint density at radius 3 is 2.88 bits per heavy atom. The molecule has 128 valence electrons. The highest BCUT2D eigenvalue weighted by atomic mass is 35.5. The Balaban J connectivity index is 1.61. The molecule has 0 spiro atoms. The fourth-order valence-electron chi connectivity index (χ4n) is 2.15. The van der Waals surface area contributed by atoms with Crippen LogP contribution in [0.15, 0.2) is 58.8 Å². The van der Waals surface area contributed by atoms with Gasteiger partial charge in [-0.05, 0) is 30.2 Å². The van der Waals surface area contributed by atoms with Crippen LogP contribution in [0, 0.1) is 6.92 Å². The third-order valence-corrected chi connectivity index (χ3v) is 4.59. The van der Waals surface area contributed by atoms with Gasteiger partial charge in [-0.3, -0.25) is 0 Å². The number of rotatable bonds is 6. The number of halogens is 1. The van der Waals surface area contributed by atoms with Crippen LogP contribution in [0.25, 0.3) is 0 Å². The summed E-state index contributed by atoms with van der Waals surface area (Å²) in [5, 5.41) is 13.5. The van der Waals surface area contributed by atoms with Crippen molar-refractivity contribution in [2.45, 2.75) is 17.8 Å². The van der Waals surface area contributed by atoms with Crippen molar-refractivity contribution in [1.82, 2.24) is 14.9 Å². The predicted molar refractivity (Wildman–Crippen MR) is 104 cm³/mol. The summed E-state index contributed by atoms with van der Waals surface area (Å²) in [4.78, 5) is 0. The van der Waals surface area contributed by atoms with Gasteiger partial charge >= 0.3 is 0 Å². The molecule has 8 heteroatoms. The molecule has 0 radical (unpaired) electrons. The van der Waals surface area contributed by atoms with Gasteiger partial charge in [-0.25, -0.2) is 10.1 Å². The summed E-state index contributed by atoms with van der Waals surface area (Å²) < 4.78 is 1.38. The Morgan fingerprint density at radius 1 is 1.24 bits per heavy atom. The molecular weight excluding hydrogens is 356 g/mol. The largest absolute Gasteiger partial charge is 0.334 e. The summed E-state index contributed by atoms with van der Waals surface area (Å²) in [6, 6.07) is 15.7. The third kappa shape index (κ3) is 4.74. The van der Waals surface area contributed by atoms with Gasteiger partial charge in [-0.2, -0.15) is 5.10 Å². The Labute approximate surface area is 155 Å². The highest BCUT2D eigenvalue weighted by Crippen LogP contribution is 2.22. The second-order valence-electron chi connectivity index (χ2n) is 5.38. The summed E-state index contributed by atoms with van der Waals surface area (Å²) in [5.74, 6) is 7.15. The number of hydrogen-bond acceptors (Lipinski definition) is 6. The fourth-order valence-corrected chi connectivity index (χ4v) is 3.15. The van der Waals surface area contributed by atoms with Crippen molar-refractivity contribution in [2.75, 3.05) is 11.3 Å². The normalized spacial score (nSPS) is 11.1. The van der Waals surface area contributed by atoms with E-state index < -0.39 is 0 Å². The van der Waals surface area contributed by atoms with Crippen molar-refractivity contribution in [3.05, 3.63) is 70.2 Å². The Morgan fingerprint density at radius 2 is 2.08 bits per heavy atom. The number of hydrazone groups is 1. The molecule has 0 atom stereocenters. The summed E-state index contributed by atoms with van der Waals surface area (Å²) in [6.07, 6.45) is 1.64. The summed E-state index contributed by atoms with van der Waals surface area (Å²) >= 11 is 7.45. The number of nitrogens with one attached hydrogen (secondary N) is 1. The molecule has 1 aromatic heterocycles. The van der Waals surface area contributed by atoms with Crippen LogP contribution in [-0.4, -0.2) is 21.1 Å². The van der Waals surface area contributed by atoms with Gasteiger partial charge < -0.3 is 5.84 Å². The van der Waals surface area contributed by atoms with Crippen LogP contribution in [0.3, 0.4) is 0 Å². The molecule has 0 unspecified atom stereocenters. The maximum Gasteiger partial charge on any atom is 0.264 e. The lowest BCUT2D eigenvalue weighted by molar-refractivity contribution is 0.847. The van der Waals surface area contributed by atoms with Crippen molar-refractivity contribution in [3.63, 3.8) is 0 Å². The molecule has 0 amide bonds. The first-order chi connectivity index (χ1) is 12.1. The number of benzene rings is 2. The summed E-state index contributed by atoms with van der Waals surface area (Å²) in [6.45, 7) is 2.07. The maximum atomic E-state index is 6.01. The van der Waals surface area contributed by atoms with Gasteiger partial charge in [0.25, 0.3) is 5.95 Å². The molecule has 0 saturated heterocycles. The zero-order valence-electron chi connectivity index (χ0n) is 13.6. The number of hydrogen-bond donors (Lipinski definition) is 2. The molecule has 25 heavy (non-hydrogen) atoms. The van der Waals surface area contributed by atoms with E-state index in [2.05, 4.69) is 45.8 Å². The number of nitrogens with two attached hydrogens (primary N) is 1. The molecule has 0 aliphatic heterocycles. The first-order valence-electron chi connectivity index (χ1n) is 7.55. The van der Waals surface area contributed by atoms with Crippen LogP contribution in [0.2, 0.25) is 5.02 Å². The highest BCUT2D eigenvalue weighted by Gasteiger charge is 2.09. The van der Waals surface area contributed by atoms with Gasteiger partial charge in [-0.15, -0.1) is 10.2 Å². The van der Waals surface area contributed by atoms with E-state index >= 15 is 0 Å². The molecule has 3 rings (SSSR count). The van der Waals surface area contributed by atoms with E-state index in [4.69, 9.17) is 17.4 Å². The van der Waals surface area contributed by atoms with Crippen LogP contribution in [0.5, 0.6) is 0 Å². The average molecular weight is 373 g/mol. The second kappa shape index (κ2) is 8.04. The molecule has 1 heterocycles. The lowest BCUT2D eigenvalue weighted by Gasteiger charge is -2.04. The minimum Gasteiger partial charge on any atom is -0.334 e. The number of aromatic nitrogens is 3. The number of thioether (sulfide) groups is 1. The van der Waals surface area contributed by atoms with Gasteiger partial charge in [0.1, 0.15) is 0 Å². The summed E-state index contributed by atoms with van der Waals surface area (Å²) in [7, 11) is 0. The number of nitrogen functional groups attached to an aromatic ring is 1. The van der Waals surface area contributed by atoms with Crippen LogP contribution in [-0.2, 0) is 5.75 Å². The van der Waals surface area contributed by atoms with E-state index in [0.717, 1.165) is 11.3 Å². The van der Waals surface area contributed by atoms with Gasteiger partial charge in [0, 0.05) is 10.8 Å². The monoisotopic (exact) mass is 372 g/mol. The molecule has 0 aliphatic carbocycles. The molecule has 0 fully saturated rings. The SMILES string of the molecule is Cc1cccc(CSc2nnc(N/N=C/c3cccc(Cl)c3)n2N)c1. The third-order valence-electron chi connectivity index (χ3n) is 3.34. The zero-order chi connectivity index (χ0) is 17.6. The molecule has 3 aromatic rings. The van der Waals surface area contributed by atoms with Crippen molar-refractivity contribution in [2.24, 2.45) is 5.10 Å². The van der Waals surface area contributed by atoms with E-state index in [0.29, 0.717) is 16.1 Å². The second-order valence-corrected chi connectivity index (χ2v) is 6.76. The molecule has 6 nitrogen and oxygen atoms in total. The van der Waals surface area contributed by atoms with Gasteiger partial charge in [0.2, 0.25) is 5.16 Å². The van der Waals surface area contributed by atoms with Gasteiger partial charge in [0.05, 0.1) is 6.21 Å². The van der Waals surface area contributed by atoms with Gasteiger partial charge in [-0.1, -0.05) is 65.3 Å². The van der Waals surface area contributed by atoms with E-state index in [1.165, 1.54) is 27.6 Å².